The molecule has 0 unspecified atom stereocenters. The highest BCUT2D eigenvalue weighted by atomic mass is 16.5. The Morgan fingerprint density at radius 3 is 2.70 bits per heavy atom. The molecule has 3 heterocycles. The summed E-state index contributed by atoms with van der Waals surface area (Å²) in [6.45, 7) is 4.98. The quantitative estimate of drug-likeness (QED) is 0.826. The van der Waals surface area contributed by atoms with Gasteiger partial charge in [0.15, 0.2) is 0 Å². The fraction of sp³-hybridized carbons (Fsp3) is 0.688. The van der Waals surface area contributed by atoms with Crippen molar-refractivity contribution in [1.82, 2.24) is 9.88 Å². The normalized spacial score (nSPS) is 25.1. The van der Waals surface area contributed by atoms with E-state index in [9.17, 15) is 0 Å². The largest absolute Gasteiger partial charge is 0.376 e. The molecular weight excluding hydrogens is 252 g/mol. The van der Waals surface area contributed by atoms with Gasteiger partial charge in [0.1, 0.15) is 0 Å². The predicted molar refractivity (Wildman–Crippen MR) is 77.5 cm³/mol. The lowest BCUT2D eigenvalue weighted by atomic mass is 10.1. The molecule has 2 saturated heterocycles. The van der Waals surface area contributed by atoms with Crippen molar-refractivity contribution >= 4 is 0 Å². The molecule has 0 aromatic carbocycles. The molecule has 2 aliphatic rings. The second kappa shape index (κ2) is 7.16. The van der Waals surface area contributed by atoms with Gasteiger partial charge in [-0.15, -0.1) is 0 Å². The summed E-state index contributed by atoms with van der Waals surface area (Å²) in [6, 6.07) is 4.19. The van der Waals surface area contributed by atoms with E-state index < -0.39 is 0 Å². The highest BCUT2D eigenvalue weighted by Crippen LogP contribution is 2.18. The van der Waals surface area contributed by atoms with Crippen molar-refractivity contribution in [3.8, 4) is 0 Å². The zero-order valence-corrected chi connectivity index (χ0v) is 12.0. The van der Waals surface area contributed by atoms with Crippen LogP contribution in [0.25, 0.3) is 0 Å². The maximum atomic E-state index is 6.00. The Hall–Kier alpha value is -0.970. The third-order valence-electron chi connectivity index (χ3n) is 4.23. The van der Waals surface area contributed by atoms with Gasteiger partial charge in [0.2, 0.25) is 0 Å². The number of pyridine rings is 1. The third-order valence-corrected chi connectivity index (χ3v) is 4.23. The van der Waals surface area contributed by atoms with Gasteiger partial charge in [-0.1, -0.05) is 0 Å². The Kier molecular flexibility index (Phi) is 5.01. The molecule has 0 amide bonds. The number of hydrogen-bond donors (Lipinski definition) is 0. The number of aromatic nitrogens is 1. The zero-order chi connectivity index (χ0) is 13.6. The number of ether oxygens (including phenoxy) is 2. The van der Waals surface area contributed by atoms with Crippen molar-refractivity contribution in [3.05, 3.63) is 30.1 Å². The summed E-state index contributed by atoms with van der Waals surface area (Å²) in [5, 5.41) is 0. The van der Waals surface area contributed by atoms with Crippen LogP contribution in [0.3, 0.4) is 0 Å². The molecular formula is C16H24N2O2. The maximum Gasteiger partial charge on any atom is 0.0809 e. The molecule has 2 aliphatic heterocycles. The van der Waals surface area contributed by atoms with Crippen LogP contribution in [0.5, 0.6) is 0 Å². The molecule has 1 atom stereocenters. The average Bonchev–Trinajstić information content (AvgIpc) is 3.01. The van der Waals surface area contributed by atoms with Crippen molar-refractivity contribution in [2.75, 3.05) is 26.3 Å². The molecule has 3 rings (SSSR count). The van der Waals surface area contributed by atoms with Crippen LogP contribution in [0, 0.1) is 0 Å². The lowest BCUT2D eigenvalue weighted by Gasteiger charge is -2.32. The maximum absolute atomic E-state index is 6.00. The van der Waals surface area contributed by atoms with E-state index in [1.54, 1.807) is 0 Å². The standard InChI is InChI=1S/C16H24N2O2/c1-2-16(19-11-1)13-20-15-5-9-18(10-6-15)12-14-3-7-17-8-4-14/h3-4,7-8,15-16H,1-2,5-6,9-13H2/t16-/m1/s1. The zero-order valence-electron chi connectivity index (χ0n) is 12.0. The first kappa shape index (κ1) is 14.0. The number of likely N-dealkylation sites (tertiary alicyclic amines) is 1. The first-order chi connectivity index (χ1) is 9.90. The van der Waals surface area contributed by atoms with Gasteiger partial charge < -0.3 is 9.47 Å². The summed E-state index contributed by atoms with van der Waals surface area (Å²) in [4.78, 5) is 6.56. The minimum atomic E-state index is 0.352. The van der Waals surface area contributed by atoms with Gasteiger partial charge in [0, 0.05) is 38.6 Å². The van der Waals surface area contributed by atoms with Gasteiger partial charge in [-0.25, -0.2) is 0 Å². The van der Waals surface area contributed by atoms with E-state index in [0.29, 0.717) is 12.2 Å². The van der Waals surface area contributed by atoms with Crippen LogP contribution in [0.1, 0.15) is 31.2 Å². The van der Waals surface area contributed by atoms with E-state index in [0.717, 1.165) is 45.7 Å². The predicted octanol–water partition coefficient (Wildman–Crippen LogP) is 2.24. The van der Waals surface area contributed by atoms with Gasteiger partial charge in [0.25, 0.3) is 0 Å². The lowest BCUT2D eigenvalue weighted by molar-refractivity contribution is -0.0426. The molecule has 0 radical (unpaired) electrons. The van der Waals surface area contributed by atoms with Crippen molar-refractivity contribution in [2.24, 2.45) is 0 Å². The van der Waals surface area contributed by atoms with Gasteiger partial charge in [-0.05, 0) is 43.4 Å². The average molecular weight is 276 g/mol. The highest BCUT2D eigenvalue weighted by molar-refractivity contribution is 5.09. The molecule has 0 spiro atoms. The summed E-state index contributed by atoms with van der Waals surface area (Å²) in [5.41, 5.74) is 1.35. The smallest absolute Gasteiger partial charge is 0.0809 e. The van der Waals surface area contributed by atoms with E-state index in [1.807, 2.05) is 12.4 Å². The number of hydrogen-bond acceptors (Lipinski definition) is 4. The van der Waals surface area contributed by atoms with Crippen LogP contribution in [0.4, 0.5) is 0 Å². The minimum Gasteiger partial charge on any atom is -0.376 e. The SMILES string of the molecule is c1cc(CN2CCC(OC[C@H]3CCCO3)CC2)ccn1. The summed E-state index contributed by atoms with van der Waals surface area (Å²) in [5.74, 6) is 0. The monoisotopic (exact) mass is 276 g/mol. The molecule has 0 bridgehead atoms. The van der Waals surface area contributed by atoms with Crippen molar-refractivity contribution in [1.29, 1.82) is 0 Å². The van der Waals surface area contributed by atoms with Crippen LogP contribution in [0.15, 0.2) is 24.5 Å². The van der Waals surface area contributed by atoms with Gasteiger partial charge in [-0.2, -0.15) is 0 Å². The molecule has 1 aromatic heterocycles. The number of piperidine rings is 1. The fourth-order valence-corrected chi connectivity index (χ4v) is 3.00. The van der Waals surface area contributed by atoms with Crippen molar-refractivity contribution < 1.29 is 9.47 Å². The number of rotatable bonds is 5. The van der Waals surface area contributed by atoms with Gasteiger partial charge >= 0.3 is 0 Å². The molecule has 110 valence electrons. The minimum absolute atomic E-state index is 0.352. The van der Waals surface area contributed by atoms with Crippen molar-refractivity contribution in [3.63, 3.8) is 0 Å². The van der Waals surface area contributed by atoms with E-state index in [1.165, 1.54) is 18.4 Å². The van der Waals surface area contributed by atoms with Crippen LogP contribution < -0.4 is 0 Å². The topological polar surface area (TPSA) is 34.6 Å². The first-order valence-corrected chi connectivity index (χ1v) is 7.74. The number of nitrogens with zero attached hydrogens (tertiary/aromatic N) is 2. The van der Waals surface area contributed by atoms with E-state index in [4.69, 9.17) is 9.47 Å². The van der Waals surface area contributed by atoms with Crippen LogP contribution in [0.2, 0.25) is 0 Å². The summed E-state index contributed by atoms with van der Waals surface area (Å²) in [7, 11) is 0. The molecule has 4 nitrogen and oxygen atoms in total. The Morgan fingerprint density at radius 1 is 1.20 bits per heavy atom. The van der Waals surface area contributed by atoms with Crippen molar-refractivity contribution in [2.45, 2.75) is 44.4 Å². The Labute approximate surface area is 121 Å². The summed E-state index contributed by atoms with van der Waals surface area (Å²) in [6.07, 6.45) is 9.15. The molecule has 0 N–H and O–H groups in total. The first-order valence-electron chi connectivity index (χ1n) is 7.74. The molecule has 1 aromatic rings. The highest BCUT2D eigenvalue weighted by Gasteiger charge is 2.22. The Bertz CT molecular complexity index is 385. The Balaban J connectivity index is 1.36. The van der Waals surface area contributed by atoms with E-state index in [2.05, 4.69) is 22.0 Å². The fourth-order valence-electron chi connectivity index (χ4n) is 3.00. The van der Waals surface area contributed by atoms with Gasteiger partial charge in [0.05, 0.1) is 18.8 Å². The summed E-state index contributed by atoms with van der Waals surface area (Å²) >= 11 is 0. The van der Waals surface area contributed by atoms with Gasteiger partial charge in [-0.3, -0.25) is 9.88 Å². The van der Waals surface area contributed by atoms with Crippen LogP contribution in [-0.2, 0) is 16.0 Å². The second-order valence-corrected chi connectivity index (χ2v) is 5.80. The third kappa shape index (κ3) is 4.01. The second-order valence-electron chi connectivity index (χ2n) is 5.80. The molecule has 4 heteroatoms. The molecule has 0 saturated carbocycles. The molecule has 0 aliphatic carbocycles. The van der Waals surface area contributed by atoms with Crippen LogP contribution >= 0.6 is 0 Å². The molecule has 20 heavy (non-hydrogen) atoms. The lowest BCUT2D eigenvalue weighted by Crippen LogP contribution is -2.37. The Morgan fingerprint density at radius 2 is 2.00 bits per heavy atom. The summed E-state index contributed by atoms with van der Waals surface area (Å²) < 4.78 is 11.6. The molecule has 2 fully saturated rings. The van der Waals surface area contributed by atoms with E-state index in [-0.39, 0.29) is 0 Å². The van der Waals surface area contributed by atoms with E-state index >= 15 is 0 Å². The van der Waals surface area contributed by atoms with Crippen LogP contribution in [-0.4, -0.2) is 48.4 Å².